The van der Waals surface area contributed by atoms with Crippen LogP contribution in [0, 0.1) is 0 Å². The van der Waals surface area contributed by atoms with Crippen LogP contribution in [0.3, 0.4) is 0 Å². The van der Waals surface area contributed by atoms with Crippen LogP contribution in [-0.4, -0.2) is 168 Å². The zero-order chi connectivity index (χ0) is 25.3. The molecule has 3 aliphatic heterocycles. The number of aliphatic hydroxyl groups is 11. The maximum absolute atomic E-state index is 10.6. The zero-order valence-corrected chi connectivity index (χ0v) is 17.7. The smallest absolute Gasteiger partial charge is 0.187 e. The average molecular weight is 504 g/mol. The molecule has 0 aromatic rings. The SMILES string of the molecule is OC[C@H]1OC(O[C@@H]2[C@H](O)[C@@H](O)[C@H](O[C@@H]3[C@H](O)[C@@H](O)[C@H](O)O[C@@H]3CO)O[C@@H]2CO)[C@H](O)[C@@H](O)[C@@H]1O. The summed E-state index contributed by atoms with van der Waals surface area (Å²) in [6, 6.07) is 0. The molecule has 16 nitrogen and oxygen atoms in total. The lowest BCUT2D eigenvalue weighted by molar-refractivity contribution is -0.377. The second-order valence-corrected chi connectivity index (χ2v) is 8.33. The Hall–Kier alpha value is -0.640. The van der Waals surface area contributed by atoms with Gasteiger partial charge in [-0.25, -0.2) is 0 Å². The van der Waals surface area contributed by atoms with E-state index < -0.39 is 112 Å². The molecule has 0 spiro atoms. The molecule has 0 saturated carbocycles. The van der Waals surface area contributed by atoms with E-state index in [9.17, 15) is 56.2 Å². The summed E-state index contributed by atoms with van der Waals surface area (Å²) >= 11 is 0. The van der Waals surface area contributed by atoms with Crippen LogP contribution < -0.4 is 0 Å². The fourth-order valence-electron chi connectivity index (χ4n) is 4.06. The van der Waals surface area contributed by atoms with Crippen molar-refractivity contribution >= 4 is 0 Å². The van der Waals surface area contributed by atoms with E-state index >= 15 is 0 Å². The summed E-state index contributed by atoms with van der Waals surface area (Å²) in [5, 5.41) is 109. The van der Waals surface area contributed by atoms with Crippen LogP contribution in [0.2, 0.25) is 0 Å². The van der Waals surface area contributed by atoms with Gasteiger partial charge in [0.05, 0.1) is 19.8 Å². The van der Waals surface area contributed by atoms with Crippen molar-refractivity contribution in [2.24, 2.45) is 0 Å². The molecule has 3 heterocycles. The molecular weight excluding hydrogens is 472 g/mol. The molecule has 200 valence electrons. The molecule has 3 rings (SSSR count). The van der Waals surface area contributed by atoms with E-state index in [4.69, 9.17) is 23.7 Å². The molecule has 11 N–H and O–H groups in total. The van der Waals surface area contributed by atoms with E-state index in [1.54, 1.807) is 0 Å². The Morgan fingerprint density at radius 1 is 0.441 bits per heavy atom. The first kappa shape index (κ1) is 27.9. The Kier molecular flexibility index (Phi) is 9.54. The van der Waals surface area contributed by atoms with Gasteiger partial charge in [-0.15, -0.1) is 0 Å². The highest BCUT2D eigenvalue weighted by molar-refractivity contribution is 4.96. The largest absolute Gasteiger partial charge is 0.394 e. The van der Waals surface area contributed by atoms with Gasteiger partial charge in [-0.1, -0.05) is 0 Å². The van der Waals surface area contributed by atoms with Crippen LogP contribution >= 0.6 is 0 Å². The standard InChI is InChI=1S/C18H32O16/c19-1-4-7(22)8(23)12(27)17(31-4)34-15-6(3-21)32-18(13(28)10(15)25)33-14-5(2-20)30-16(29)11(26)9(14)24/h4-29H,1-3H2/t4-,5-,6-,7-,8+,9-,10-,11-,12-,13-,14+,15+,16-,17?,18+/m1/s1. The van der Waals surface area contributed by atoms with E-state index in [1.165, 1.54) is 0 Å². The molecule has 3 saturated heterocycles. The molecule has 16 heteroatoms. The predicted octanol–water partition coefficient (Wildman–Crippen LogP) is -7.57. The Bertz CT molecular complexity index is 635. The fraction of sp³-hybridized carbons (Fsp3) is 1.00. The Balaban J connectivity index is 1.72. The summed E-state index contributed by atoms with van der Waals surface area (Å²) in [6.45, 7) is -2.32. The number of hydrogen-bond acceptors (Lipinski definition) is 16. The van der Waals surface area contributed by atoms with Gasteiger partial charge >= 0.3 is 0 Å². The molecule has 3 fully saturated rings. The van der Waals surface area contributed by atoms with Crippen LogP contribution in [0.1, 0.15) is 0 Å². The highest BCUT2D eigenvalue weighted by Gasteiger charge is 2.53. The Morgan fingerprint density at radius 3 is 1.35 bits per heavy atom. The summed E-state index contributed by atoms with van der Waals surface area (Å²) in [4.78, 5) is 0. The number of hydrogen-bond donors (Lipinski definition) is 11. The van der Waals surface area contributed by atoms with Crippen LogP contribution in [0.25, 0.3) is 0 Å². The van der Waals surface area contributed by atoms with Gasteiger partial charge in [0.15, 0.2) is 18.9 Å². The third kappa shape index (κ3) is 5.37. The van der Waals surface area contributed by atoms with E-state index in [1.807, 2.05) is 0 Å². The second-order valence-electron chi connectivity index (χ2n) is 8.33. The summed E-state index contributed by atoms with van der Waals surface area (Å²) in [5.74, 6) is 0. The van der Waals surface area contributed by atoms with Crippen LogP contribution in [-0.2, 0) is 23.7 Å². The third-order valence-electron chi connectivity index (χ3n) is 6.09. The summed E-state index contributed by atoms with van der Waals surface area (Å²) in [6.07, 6.45) is -25.1. The molecule has 0 aromatic heterocycles. The first-order chi connectivity index (χ1) is 16.0. The number of ether oxygens (including phenoxy) is 5. The van der Waals surface area contributed by atoms with Gasteiger partial charge in [0, 0.05) is 0 Å². The predicted molar refractivity (Wildman–Crippen MR) is 101 cm³/mol. The van der Waals surface area contributed by atoms with E-state index in [-0.39, 0.29) is 0 Å². The molecular formula is C18H32O16. The molecule has 1 unspecified atom stereocenters. The summed E-state index contributed by atoms with van der Waals surface area (Å²) in [7, 11) is 0. The average Bonchev–Trinajstić information content (AvgIpc) is 2.83. The minimum absolute atomic E-state index is 0.741. The van der Waals surface area contributed by atoms with Crippen molar-refractivity contribution in [2.75, 3.05) is 19.8 Å². The highest BCUT2D eigenvalue weighted by Crippen LogP contribution is 2.32. The van der Waals surface area contributed by atoms with Gasteiger partial charge in [0.2, 0.25) is 0 Å². The van der Waals surface area contributed by atoms with Crippen molar-refractivity contribution in [1.82, 2.24) is 0 Å². The monoisotopic (exact) mass is 504 g/mol. The molecule has 0 aromatic carbocycles. The van der Waals surface area contributed by atoms with Gasteiger partial charge in [-0.3, -0.25) is 0 Å². The maximum Gasteiger partial charge on any atom is 0.187 e. The Labute approximate surface area is 192 Å². The quantitative estimate of drug-likeness (QED) is 0.154. The first-order valence-corrected chi connectivity index (χ1v) is 10.6. The van der Waals surface area contributed by atoms with Crippen LogP contribution in [0.5, 0.6) is 0 Å². The number of aliphatic hydroxyl groups excluding tert-OH is 11. The molecule has 3 aliphatic rings. The van der Waals surface area contributed by atoms with Crippen LogP contribution in [0.15, 0.2) is 0 Å². The van der Waals surface area contributed by atoms with Gasteiger partial charge < -0.3 is 79.9 Å². The number of rotatable bonds is 7. The van der Waals surface area contributed by atoms with Crippen molar-refractivity contribution in [3.63, 3.8) is 0 Å². The van der Waals surface area contributed by atoms with E-state index in [2.05, 4.69) is 0 Å². The molecule has 0 radical (unpaired) electrons. The summed E-state index contributed by atoms with van der Waals surface area (Å²) in [5.41, 5.74) is 0. The fourth-order valence-corrected chi connectivity index (χ4v) is 4.06. The van der Waals surface area contributed by atoms with E-state index in [0.717, 1.165) is 0 Å². The third-order valence-corrected chi connectivity index (χ3v) is 6.09. The van der Waals surface area contributed by atoms with Crippen molar-refractivity contribution in [2.45, 2.75) is 92.1 Å². The summed E-state index contributed by atoms with van der Waals surface area (Å²) < 4.78 is 26.4. The topological polar surface area (TPSA) is 269 Å². The zero-order valence-electron chi connectivity index (χ0n) is 17.7. The van der Waals surface area contributed by atoms with Gasteiger partial charge in [-0.2, -0.15) is 0 Å². The van der Waals surface area contributed by atoms with Gasteiger partial charge in [0.25, 0.3) is 0 Å². The minimum Gasteiger partial charge on any atom is -0.394 e. The first-order valence-electron chi connectivity index (χ1n) is 10.6. The molecule has 0 bridgehead atoms. The normalized spacial score (nSPS) is 52.5. The molecule has 0 aliphatic carbocycles. The Morgan fingerprint density at radius 2 is 0.853 bits per heavy atom. The molecule has 0 amide bonds. The molecule has 34 heavy (non-hydrogen) atoms. The van der Waals surface area contributed by atoms with Crippen LogP contribution in [0.4, 0.5) is 0 Å². The second kappa shape index (κ2) is 11.6. The minimum atomic E-state index is -1.91. The van der Waals surface area contributed by atoms with Crippen molar-refractivity contribution in [1.29, 1.82) is 0 Å². The van der Waals surface area contributed by atoms with Crippen molar-refractivity contribution in [3.8, 4) is 0 Å². The van der Waals surface area contributed by atoms with Crippen molar-refractivity contribution < 1.29 is 79.9 Å². The highest BCUT2D eigenvalue weighted by atomic mass is 16.8. The maximum atomic E-state index is 10.6. The lowest BCUT2D eigenvalue weighted by Crippen LogP contribution is -2.66. The van der Waals surface area contributed by atoms with Gasteiger partial charge in [-0.05, 0) is 0 Å². The van der Waals surface area contributed by atoms with Gasteiger partial charge in [0.1, 0.15) is 73.2 Å². The van der Waals surface area contributed by atoms with E-state index in [0.29, 0.717) is 0 Å². The lowest BCUT2D eigenvalue weighted by atomic mass is 9.96. The molecule has 15 atom stereocenters. The van der Waals surface area contributed by atoms with Crippen molar-refractivity contribution in [3.05, 3.63) is 0 Å². The lowest BCUT2D eigenvalue weighted by Gasteiger charge is -2.47.